The third-order valence-electron chi connectivity index (χ3n) is 5.64. The van der Waals surface area contributed by atoms with Crippen LogP contribution in [0.15, 0.2) is 24.4 Å². The summed E-state index contributed by atoms with van der Waals surface area (Å²) in [5, 5.41) is 3.45. The number of amides is 1. The van der Waals surface area contributed by atoms with Crippen LogP contribution in [0.4, 0.5) is 0 Å². The fourth-order valence-corrected chi connectivity index (χ4v) is 4.10. The van der Waals surface area contributed by atoms with Crippen molar-refractivity contribution in [2.45, 2.75) is 38.3 Å². The van der Waals surface area contributed by atoms with Gasteiger partial charge in [-0.1, -0.05) is 6.07 Å². The molecule has 0 spiro atoms. The lowest BCUT2D eigenvalue weighted by Gasteiger charge is -2.29. The van der Waals surface area contributed by atoms with Crippen LogP contribution >= 0.6 is 0 Å². The quantitative estimate of drug-likeness (QED) is 0.875. The first kappa shape index (κ1) is 17.4. The van der Waals surface area contributed by atoms with E-state index < -0.39 is 0 Å². The maximum absolute atomic E-state index is 12.8. The molecule has 3 aliphatic rings. The molecule has 7 nitrogen and oxygen atoms in total. The molecule has 1 aromatic carbocycles. The molecule has 1 saturated heterocycles. The average Bonchev–Trinajstić information content (AvgIpc) is 3.28. The molecule has 0 radical (unpaired) electrons. The highest BCUT2D eigenvalue weighted by atomic mass is 16.6. The lowest BCUT2D eigenvalue weighted by Crippen LogP contribution is -2.37. The number of hydrogen-bond acceptors (Lipinski definition) is 6. The maximum Gasteiger partial charge on any atom is 0.227 e. The Hall–Kier alpha value is -2.67. The third-order valence-corrected chi connectivity index (χ3v) is 5.64. The number of nitrogens with zero attached hydrogens (tertiary/aromatic N) is 3. The Kier molecular flexibility index (Phi) is 4.60. The Morgan fingerprint density at radius 1 is 1.25 bits per heavy atom. The van der Waals surface area contributed by atoms with Crippen molar-refractivity contribution in [3.05, 3.63) is 47.0 Å². The summed E-state index contributed by atoms with van der Waals surface area (Å²) in [7, 11) is 0. The molecule has 0 saturated carbocycles. The summed E-state index contributed by atoms with van der Waals surface area (Å²) < 4.78 is 11.2. The standard InChI is InChI=1S/C21H24N4O3/c26-20(11-14-3-4-18-19(10-14)28-9-8-27-18)25-7-5-16-15(13-25)12-23-21(24-16)17-2-1-6-22-17/h3-4,10,12,17,22H,1-2,5-9,11,13H2/t17-/m0/s1. The molecular formula is C21H24N4O3. The number of rotatable bonds is 3. The van der Waals surface area contributed by atoms with Crippen molar-refractivity contribution in [3.63, 3.8) is 0 Å². The molecule has 0 bridgehead atoms. The summed E-state index contributed by atoms with van der Waals surface area (Å²) in [6.45, 7) is 3.43. The smallest absolute Gasteiger partial charge is 0.227 e. The second kappa shape index (κ2) is 7.39. The van der Waals surface area contributed by atoms with E-state index in [9.17, 15) is 4.79 Å². The van der Waals surface area contributed by atoms with E-state index in [0.717, 1.165) is 53.5 Å². The molecule has 28 heavy (non-hydrogen) atoms. The second-order valence-corrected chi connectivity index (χ2v) is 7.57. The fraction of sp³-hybridized carbons (Fsp3) is 0.476. The topological polar surface area (TPSA) is 76.6 Å². The van der Waals surface area contributed by atoms with Gasteiger partial charge in [-0.25, -0.2) is 9.97 Å². The van der Waals surface area contributed by atoms with Gasteiger partial charge in [0, 0.05) is 31.3 Å². The van der Waals surface area contributed by atoms with Gasteiger partial charge in [0.25, 0.3) is 0 Å². The summed E-state index contributed by atoms with van der Waals surface area (Å²) in [6, 6.07) is 6.01. The number of carbonyl (C=O) groups excluding carboxylic acids is 1. The van der Waals surface area contributed by atoms with Gasteiger partial charge in [0.2, 0.25) is 5.91 Å². The summed E-state index contributed by atoms with van der Waals surface area (Å²) in [5.41, 5.74) is 3.09. The molecule has 0 unspecified atom stereocenters. The zero-order valence-corrected chi connectivity index (χ0v) is 15.8. The summed E-state index contributed by atoms with van der Waals surface area (Å²) >= 11 is 0. The van der Waals surface area contributed by atoms with Crippen LogP contribution in [0.5, 0.6) is 11.5 Å². The van der Waals surface area contributed by atoms with Gasteiger partial charge in [-0.05, 0) is 37.1 Å². The molecule has 1 N–H and O–H groups in total. The van der Waals surface area contributed by atoms with E-state index in [0.29, 0.717) is 32.7 Å². The predicted octanol–water partition coefficient (Wildman–Crippen LogP) is 1.80. The number of benzene rings is 1. The SMILES string of the molecule is O=C(Cc1ccc2c(c1)OCCO2)N1CCc2nc([C@@H]3CCCN3)ncc2C1. The first-order valence-electron chi connectivity index (χ1n) is 10.0. The Labute approximate surface area is 164 Å². The van der Waals surface area contributed by atoms with E-state index in [4.69, 9.17) is 14.5 Å². The van der Waals surface area contributed by atoms with Crippen LogP contribution in [-0.2, 0) is 24.2 Å². The molecule has 1 aromatic heterocycles. The number of ether oxygens (including phenoxy) is 2. The molecule has 0 aliphatic carbocycles. The molecule has 7 heteroatoms. The normalized spacial score (nSPS) is 20.7. The highest BCUT2D eigenvalue weighted by molar-refractivity contribution is 5.79. The summed E-state index contributed by atoms with van der Waals surface area (Å²) in [5.74, 6) is 2.48. The Morgan fingerprint density at radius 3 is 3.00 bits per heavy atom. The Balaban J connectivity index is 1.26. The van der Waals surface area contributed by atoms with Gasteiger partial charge >= 0.3 is 0 Å². The fourth-order valence-electron chi connectivity index (χ4n) is 4.10. The number of aromatic nitrogens is 2. The molecule has 4 heterocycles. The lowest BCUT2D eigenvalue weighted by atomic mass is 10.0. The van der Waals surface area contributed by atoms with Gasteiger partial charge in [-0.2, -0.15) is 0 Å². The molecule has 146 valence electrons. The van der Waals surface area contributed by atoms with Crippen molar-refractivity contribution >= 4 is 5.91 Å². The average molecular weight is 380 g/mol. The van der Waals surface area contributed by atoms with Crippen molar-refractivity contribution in [1.82, 2.24) is 20.2 Å². The van der Waals surface area contributed by atoms with Crippen LogP contribution in [0.2, 0.25) is 0 Å². The Bertz CT molecular complexity index is 895. The first-order valence-corrected chi connectivity index (χ1v) is 10.0. The number of nitrogens with one attached hydrogen (secondary N) is 1. The highest BCUT2D eigenvalue weighted by Gasteiger charge is 2.25. The number of carbonyl (C=O) groups is 1. The molecule has 1 fully saturated rings. The first-order chi connectivity index (χ1) is 13.8. The zero-order valence-electron chi connectivity index (χ0n) is 15.8. The van der Waals surface area contributed by atoms with E-state index in [2.05, 4.69) is 10.3 Å². The molecule has 2 aromatic rings. The largest absolute Gasteiger partial charge is 0.486 e. The highest BCUT2D eigenvalue weighted by Crippen LogP contribution is 2.31. The van der Waals surface area contributed by atoms with Crippen molar-refractivity contribution in [2.75, 3.05) is 26.3 Å². The lowest BCUT2D eigenvalue weighted by molar-refractivity contribution is -0.131. The molecule has 3 aliphatic heterocycles. The van der Waals surface area contributed by atoms with Gasteiger partial charge in [0.05, 0.1) is 18.2 Å². The van der Waals surface area contributed by atoms with Crippen LogP contribution in [-0.4, -0.2) is 47.1 Å². The van der Waals surface area contributed by atoms with Crippen molar-refractivity contribution in [3.8, 4) is 11.5 Å². The Morgan fingerprint density at radius 2 is 2.14 bits per heavy atom. The van der Waals surface area contributed by atoms with Crippen molar-refractivity contribution in [1.29, 1.82) is 0 Å². The van der Waals surface area contributed by atoms with Gasteiger partial charge in [0.1, 0.15) is 19.0 Å². The van der Waals surface area contributed by atoms with Crippen molar-refractivity contribution in [2.24, 2.45) is 0 Å². The predicted molar refractivity (Wildman–Crippen MR) is 102 cm³/mol. The van der Waals surface area contributed by atoms with Crippen LogP contribution < -0.4 is 14.8 Å². The third kappa shape index (κ3) is 3.42. The number of fused-ring (bicyclic) bond motifs is 2. The maximum atomic E-state index is 12.8. The minimum atomic E-state index is 0.115. The summed E-state index contributed by atoms with van der Waals surface area (Å²) in [4.78, 5) is 24.1. The molecule has 1 atom stereocenters. The van der Waals surface area contributed by atoms with Gasteiger partial charge in [-0.15, -0.1) is 0 Å². The van der Waals surface area contributed by atoms with E-state index in [1.807, 2.05) is 29.3 Å². The van der Waals surface area contributed by atoms with Gasteiger partial charge in [-0.3, -0.25) is 4.79 Å². The van der Waals surface area contributed by atoms with Crippen LogP contribution in [0, 0.1) is 0 Å². The van der Waals surface area contributed by atoms with E-state index in [1.165, 1.54) is 6.42 Å². The molecular weight excluding hydrogens is 356 g/mol. The minimum Gasteiger partial charge on any atom is -0.486 e. The second-order valence-electron chi connectivity index (χ2n) is 7.57. The molecule has 1 amide bonds. The van der Waals surface area contributed by atoms with Gasteiger partial charge < -0.3 is 19.7 Å². The van der Waals surface area contributed by atoms with Crippen molar-refractivity contribution < 1.29 is 14.3 Å². The van der Waals surface area contributed by atoms with Crippen LogP contribution in [0.25, 0.3) is 0 Å². The van der Waals surface area contributed by atoms with E-state index in [-0.39, 0.29) is 11.9 Å². The molecule has 5 rings (SSSR count). The van der Waals surface area contributed by atoms with E-state index in [1.54, 1.807) is 0 Å². The van der Waals surface area contributed by atoms with Crippen LogP contribution in [0.1, 0.15) is 41.5 Å². The summed E-state index contributed by atoms with van der Waals surface area (Å²) in [6.07, 6.45) is 5.31. The van der Waals surface area contributed by atoms with E-state index >= 15 is 0 Å². The number of hydrogen-bond donors (Lipinski definition) is 1. The monoisotopic (exact) mass is 380 g/mol. The van der Waals surface area contributed by atoms with Gasteiger partial charge in [0.15, 0.2) is 11.5 Å². The van der Waals surface area contributed by atoms with Crippen LogP contribution in [0.3, 0.4) is 0 Å². The minimum absolute atomic E-state index is 0.115. The zero-order chi connectivity index (χ0) is 18.9.